The Labute approximate surface area is 103 Å². The molecule has 0 bridgehead atoms. The average molecular weight is 235 g/mol. The van der Waals surface area contributed by atoms with E-state index in [1.165, 1.54) is 6.42 Å². The molecule has 0 spiro atoms. The summed E-state index contributed by atoms with van der Waals surface area (Å²) in [6, 6.07) is 0. The Balaban J connectivity index is 1.76. The number of nitrogens with zero attached hydrogens (tertiary/aromatic N) is 1. The van der Waals surface area contributed by atoms with Crippen LogP contribution in [0, 0.1) is 5.92 Å². The van der Waals surface area contributed by atoms with Gasteiger partial charge in [0, 0.05) is 13.1 Å². The third kappa shape index (κ3) is 3.62. The molecule has 2 rings (SSSR count). The van der Waals surface area contributed by atoms with Gasteiger partial charge in [-0.05, 0) is 37.2 Å². The zero-order chi connectivity index (χ0) is 12.1. The van der Waals surface area contributed by atoms with E-state index in [1.807, 2.05) is 4.90 Å². The van der Waals surface area contributed by atoms with Crippen molar-refractivity contribution in [2.75, 3.05) is 19.7 Å². The summed E-state index contributed by atoms with van der Waals surface area (Å²) in [5.74, 6) is 0.602. The molecule has 1 amide bonds. The molecule has 2 aliphatic rings. The van der Waals surface area contributed by atoms with Gasteiger partial charge in [0.1, 0.15) is 6.61 Å². The smallest absolute Gasteiger partial charge is 0.410 e. The fourth-order valence-electron chi connectivity index (χ4n) is 2.37. The van der Waals surface area contributed by atoms with Gasteiger partial charge in [0.15, 0.2) is 0 Å². The number of ether oxygens (including phenoxy) is 1. The van der Waals surface area contributed by atoms with Gasteiger partial charge in [0.25, 0.3) is 0 Å². The van der Waals surface area contributed by atoms with Gasteiger partial charge in [0.05, 0.1) is 0 Å². The van der Waals surface area contributed by atoms with E-state index in [4.69, 9.17) is 4.74 Å². The minimum atomic E-state index is -0.156. The van der Waals surface area contributed by atoms with Crippen LogP contribution in [0.3, 0.4) is 0 Å². The number of piperidine rings is 1. The molecule has 1 aliphatic carbocycles. The van der Waals surface area contributed by atoms with Crippen LogP contribution in [0.2, 0.25) is 0 Å². The maximum absolute atomic E-state index is 11.8. The Hall–Kier alpha value is -1.25. The fourth-order valence-corrected chi connectivity index (χ4v) is 2.37. The van der Waals surface area contributed by atoms with E-state index < -0.39 is 0 Å². The number of likely N-dealkylation sites (tertiary alicyclic amines) is 1. The normalized spacial score (nSPS) is 24.4. The number of hydrogen-bond acceptors (Lipinski definition) is 2. The van der Waals surface area contributed by atoms with E-state index in [2.05, 4.69) is 25.2 Å². The van der Waals surface area contributed by atoms with E-state index in [-0.39, 0.29) is 6.09 Å². The largest absolute Gasteiger partial charge is 0.445 e. The predicted octanol–water partition coefficient (Wildman–Crippen LogP) is 3.13. The third-order valence-electron chi connectivity index (χ3n) is 3.35. The van der Waals surface area contributed by atoms with E-state index in [1.54, 1.807) is 0 Å². The van der Waals surface area contributed by atoms with Crippen molar-refractivity contribution in [2.24, 2.45) is 5.92 Å². The number of carbonyl (C=O) groups excluding carboxylic acids is 1. The Morgan fingerprint density at radius 2 is 2.41 bits per heavy atom. The quantitative estimate of drug-likeness (QED) is 0.736. The van der Waals surface area contributed by atoms with Crippen molar-refractivity contribution in [3.05, 3.63) is 23.8 Å². The first kappa shape index (κ1) is 12.2. The highest BCUT2D eigenvalue weighted by Gasteiger charge is 2.21. The highest BCUT2D eigenvalue weighted by Crippen LogP contribution is 2.17. The van der Waals surface area contributed by atoms with Crippen molar-refractivity contribution in [2.45, 2.75) is 32.6 Å². The van der Waals surface area contributed by atoms with Crippen molar-refractivity contribution in [1.29, 1.82) is 0 Å². The standard InChI is InChI=1S/C14H21NO2/c1-12-6-5-9-15(10-12)14(16)17-11-13-7-3-2-4-8-13/h3,7-8,12H,2,4-6,9-11H2,1H3. The van der Waals surface area contributed by atoms with Gasteiger partial charge in [0.2, 0.25) is 0 Å². The maximum atomic E-state index is 11.8. The number of rotatable bonds is 2. The molecule has 17 heavy (non-hydrogen) atoms. The highest BCUT2D eigenvalue weighted by molar-refractivity contribution is 5.68. The van der Waals surface area contributed by atoms with Crippen molar-refractivity contribution < 1.29 is 9.53 Å². The van der Waals surface area contributed by atoms with Crippen LogP contribution in [0.1, 0.15) is 32.6 Å². The van der Waals surface area contributed by atoms with Crippen LogP contribution < -0.4 is 0 Å². The first-order valence-corrected chi connectivity index (χ1v) is 6.53. The first-order chi connectivity index (χ1) is 8.25. The van der Waals surface area contributed by atoms with Gasteiger partial charge in [-0.1, -0.05) is 25.2 Å². The molecule has 1 saturated heterocycles. The summed E-state index contributed by atoms with van der Waals surface area (Å²) in [6.07, 6.45) is 10.6. The number of carbonyl (C=O) groups is 1. The molecule has 0 aromatic heterocycles. The van der Waals surface area contributed by atoms with Crippen LogP contribution in [-0.2, 0) is 4.74 Å². The molecule has 1 unspecified atom stereocenters. The molecule has 0 saturated carbocycles. The summed E-state index contributed by atoms with van der Waals surface area (Å²) in [4.78, 5) is 13.7. The lowest BCUT2D eigenvalue weighted by Crippen LogP contribution is -2.39. The van der Waals surface area contributed by atoms with Crippen molar-refractivity contribution in [1.82, 2.24) is 4.90 Å². The van der Waals surface area contributed by atoms with Gasteiger partial charge < -0.3 is 9.64 Å². The zero-order valence-electron chi connectivity index (χ0n) is 10.5. The fraction of sp³-hybridized carbons (Fsp3) is 0.643. The van der Waals surface area contributed by atoms with Crippen LogP contribution in [0.25, 0.3) is 0 Å². The molecule has 0 aromatic carbocycles. The topological polar surface area (TPSA) is 29.5 Å². The summed E-state index contributed by atoms with van der Waals surface area (Å²) in [7, 11) is 0. The Morgan fingerprint density at radius 3 is 3.12 bits per heavy atom. The van der Waals surface area contributed by atoms with E-state index in [0.29, 0.717) is 12.5 Å². The van der Waals surface area contributed by atoms with Gasteiger partial charge in [-0.3, -0.25) is 0 Å². The molecule has 0 N–H and O–H groups in total. The number of hydrogen-bond donors (Lipinski definition) is 0. The van der Waals surface area contributed by atoms with Crippen LogP contribution >= 0.6 is 0 Å². The van der Waals surface area contributed by atoms with Crippen LogP contribution in [0.15, 0.2) is 23.8 Å². The Bertz CT molecular complexity index is 333. The van der Waals surface area contributed by atoms with E-state index >= 15 is 0 Å². The van der Waals surface area contributed by atoms with Gasteiger partial charge in [-0.25, -0.2) is 4.79 Å². The molecule has 1 heterocycles. The molecule has 3 nitrogen and oxygen atoms in total. The molecule has 0 radical (unpaired) electrons. The van der Waals surface area contributed by atoms with E-state index in [0.717, 1.165) is 37.9 Å². The van der Waals surface area contributed by atoms with E-state index in [9.17, 15) is 4.79 Å². The third-order valence-corrected chi connectivity index (χ3v) is 3.35. The highest BCUT2D eigenvalue weighted by atomic mass is 16.6. The van der Waals surface area contributed by atoms with Crippen molar-refractivity contribution in [3.8, 4) is 0 Å². The van der Waals surface area contributed by atoms with Crippen molar-refractivity contribution >= 4 is 6.09 Å². The second-order valence-electron chi connectivity index (χ2n) is 5.01. The zero-order valence-corrected chi connectivity index (χ0v) is 10.5. The summed E-state index contributed by atoms with van der Waals surface area (Å²) < 4.78 is 5.34. The molecule has 3 heteroatoms. The second-order valence-corrected chi connectivity index (χ2v) is 5.01. The van der Waals surface area contributed by atoms with Crippen LogP contribution in [0.4, 0.5) is 4.79 Å². The molecule has 1 atom stereocenters. The molecular weight excluding hydrogens is 214 g/mol. The lowest BCUT2D eigenvalue weighted by molar-refractivity contribution is 0.0935. The lowest BCUT2D eigenvalue weighted by Gasteiger charge is -2.30. The summed E-state index contributed by atoms with van der Waals surface area (Å²) in [5, 5.41) is 0. The molecule has 1 fully saturated rings. The number of amides is 1. The van der Waals surface area contributed by atoms with Crippen LogP contribution in [-0.4, -0.2) is 30.7 Å². The minimum Gasteiger partial charge on any atom is -0.445 e. The monoisotopic (exact) mass is 235 g/mol. The molecule has 0 aromatic rings. The van der Waals surface area contributed by atoms with Crippen molar-refractivity contribution in [3.63, 3.8) is 0 Å². The van der Waals surface area contributed by atoms with Gasteiger partial charge >= 0.3 is 6.09 Å². The minimum absolute atomic E-state index is 0.156. The van der Waals surface area contributed by atoms with Gasteiger partial charge in [-0.15, -0.1) is 0 Å². The maximum Gasteiger partial charge on any atom is 0.410 e. The molecular formula is C14H21NO2. The first-order valence-electron chi connectivity index (χ1n) is 6.53. The number of allylic oxidation sites excluding steroid dienone is 2. The Kier molecular flexibility index (Phi) is 4.24. The second kappa shape index (κ2) is 5.89. The van der Waals surface area contributed by atoms with Crippen LogP contribution in [0.5, 0.6) is 0 Å². The predicted molar refractivity (Wildman–Crippen MR) is 67.8 cm³/mol. The molecule has 1 aliphatic heterocycles. The SMILES string of the molecule is CC1CCCN(C(=O)OCC2=CCCC=C2)C1. The summed E-state index contributed by atoms with van der Waals surface area (Å²) in [6.45, 7) is 4.29. The summed E-state index contributed by atoms with van der Waals surface area (Å²) >= 11 is 0. The average Bonchev–Trinajstić information content (AvgIpc) is 2.37. The Morgan fingerprint density at radius 1 is 1.53 bits per heavy atom. The lowest BCUT2D eigenvalue weighted by atomic mass is 10.0. The summed E-state index contributed by atoms with van der Waals surface area (Å²) in [5.41, 5.74) is 1.12. The van der Waals surface area contributed by atoms with Gasteiger partial charge in [-0.2, -0.15) is 0 Å². The molecule has 94 valence electrons.